The Morgan fingerprint density at radius 3 is 2.00 bits per heavy atom. The summed E-state index contributed by atoms with van der Waals surface area (Å²) in [6.45, 7) is 0. The van der Waals surface area contributed by atoms with Crippen LogP contribution in [0.2, 0.25) is 0 Å². The van der Waals surface area contributed by atoms with Crippen LogP contribution in [0.15, 0.2) is 47.4 Å². The molecule has 0 amide bonds. The fourth-order valence-corrected chi connectivity index (χ4v) is 2.17. The third-order valence-electron chi connectivity index (χ3n) is 2.72. The Labute approximate surface area is 109 Å². The lowest BCUT2D eigenvalue weighted by Crippen LogP contribution is -2.12. The average Bonchev–Trinajstić information content (AvgIpc) is 2.37. The van der Waals surface area contributed by atoms with Crippen molar-refractivity contribution in [3.63, 3.8) is 0 Å². The van der Waals surface area contributed by atoms with E-state index in [0.717, 1.165) is 16.5 Å². The van der Waals surface area contributed by atoms with Crippen molar-refractivity contribution in [1.82, 2.24) is 0 Å². The quantitative estimate of drug-likeness (QED) is 0.856. The molecule has 0 spiro atoms. The largest absolute Gasteiger partial charge is 0.320 e. The Hall–Kier alpha value is -1.39. The normalized spacial score (nSPS) is 12.4. The summed E-state index contributed by atoms with van der Waals surface area (Å²) in [6, 6.07) is 10.5. The summed E-state index contributed by atoms with van der Waals surface area (Å²) in [4.78, 5) is 1.12. The second kappa shape index (κ2) is 5.50. The van der Waals surface area contributed by atoms with Crippen molar-refractivity contribution < 1.29 is 8.78 Å². The Morgan fingerprint density at radius 2 is 1.50 bits per heavy atom. The van der Waals surface area contributed by atoms with Crippen LogP contribution in [-0.4, -0.2) is 6.26 Å². The molecular weight excluding hydrogens is 252 g/mol. The van der Waals surface area contributed by atoms with Crippen molar-refractivity contribution in [2.24, 2.45) is 5.73 Å². The molecule has 2 N–H and O–H groups in total. The SMILES string of the molecule is CSc1ccc(C(N)c2cc(F)cc(F)c2)cc1. The number of hydrogen-bond acceptors (Lipinski definition) is 2. The van der Waals surface area contributed by atoms with Crippen LogP contribution in [0.1, 0.15) is 17.2 Å². The van der Waals surface area contributed by atoms with Crippen molar-refractivity contribution in [2.45, 2.75) is 10.9 Å². The van der Waals surface area contributed by atoms with Gasteiger partial charge in [0.25, 0.3) is 0 Å². The molecule has 0 aliphatic carbocycles. The van der Waals surface area contributed by atoms with E-state index in [-0.39, 0.29) is 0 Å². The summed E-state index contributed by atoms with van der Waals surface area (Å²) < 4.78 is 26.2. The Balaban J connectivity index is 2.31. The highest BCUT2D eigenvalue weighted by Crippen LogP contribution is 2.23. The molecule has 4 heteroatoms. The van der Waals surface area contributed by atoms with Crippen molar-refractivity contribution >= 4 is 11.8 Å². The van der Waals surface area contributed by atoms with Gasteiger partial charge in [-0.15, -0.1) is 11.8 Å². The fourth-order valence-electron chi connectivity index (χ4n) is 1.76. The van der Waals surface area contributed by atoms with Gasteiger partial charge in [-0.05, 0) is 41.6 Å². The maximum atomic E-state index is 13.1. The lowest BCUT2D eigenvalue weighted by molar-refractivity contribution is 0.577. The van der Waals surface area contributed by atoms with E-state index < -0.39 is 17.7 Å². The first-order chi connectivity index (χ1) is 8.60. The fraction of sp³-hybridized carbons (Fsp3) is 0.143. The summed E-state index contributed by atoms with van der Waals surface area (Å²) in [7, 11) is 0. The first-order valence-electron chi connectivity index (χ1n) is 5.45. The third-order valence-corrected chi connectivity index (χ3v) is 3.46. The van der Waals surface area contributed by atoms with E-state index in [4.69, 9.17) is 5.73 Å². The topological polar surface area (TPSA) is 26.0 Å². The summed E-state index contributed by atoms with van der Waals surface area (Å²) in [5, 5.41) is 0. The molecular formula is C14H13F2NS. The van der Waals surface area contributed by atoms with Crippen molar-refractivity contribution in [3.8, 4) is 0 Å². The Kier molecular flexibility index (Phi) is 3.99. The zero-order chi connectivity index (χ0) is 13.1. The van der Waals surface area contributed by atoms with Gasteiger partial charge in [0.15, 0.2) is 0 Å². The highest BCUT2D eigenvalue weighted by Gasteiger charge is 2.11. The van der Waals surface area contributed by atoms with Crippen molar-refractivity contribution in [3.05, 3.63) is 65.2 Å². The standard InChI is InChI=1S/C14H13F2NS/c1-18-13-4-2-9(3-5-13)14(17)10-6-11(15)8-12(16)7-10/h2-8,14H,17H2,1H3. The maximum absolute atomic E-state index is 13.1. The van der Waals surface area contributed by atoms with E-state index in [1.54, 1.807) is 11.8 Å². The van der Waals surface area contributed by atoms with Crippen LogP contribution in [0.25, 0.3) is 0 Å². The van der Waals surface area contributed by atoms with Crippen molar-refractivity contribution in [2.75, 3.05) is 6.26 Å². The molecule has 2 aromatic carbocycles. The molecule has 0 radical (unpaired) electrons. The molecule has 0 aromatic heterocycles. The van der Waals surface area contributed by atoms with E-state index in [2.05, 4.69) is 0 Å². The minimum atomic E-state index is -0.610. The van der Waals surface area contributed by atoms with Gasteiger partial charge in [0.1, 0.15) is 11.6 Å². The van der Waals surface area contributed by atoms with Gasteiger partial charge >= 0.3 is 0 Å². The molecule has 94 valence electrons. The first-order valence-corrected chi connectivity index (χ1v) is 6.68. The van der Waals surface area contributed by atoms with Gasteiger partial charge in [-0.25, -0.2) is 8.78 Å². The second-order valence-electron chi connectivity index (χ2n) is 3.95. The summed E-state index contributed by atoms with van der Waals surface area (Å²) >= 11 is 1.63. The van der Waals surface area contributed by atoms with Crippen LogP contribution in [-0.2, 0) is 0 Å². The smallest absolute Gasteiger partial charge is 0.126 e. The molecule has 0 aliphatic rings. The summed E-state index contributed by atoms with van der Waals surface area (Å²) in [6.07, 6.45) is 1.98. The van der Waals surface area contributed by atoms with E-state index in [1.807, 2.05) is 30.5 Å². The number of halogens is 2. The third kappa shape index (κ3) is 2.89. The zero-order valence-electron chi connectivity index (χ0n) is 9.86. The minimum Gasteiger partial charge on any atom is -0.320 e. The molecule has 1 unspecified atom stereocenters. The molecule has 1 nitrogen and oxygen atoms in total. The molecule has 0 saturated carbocycles. The predicted octanol–water partition coefficient (Wildman–Crippen LogP) is 3.73. The molecule has 0 bridgehead atoms. The number of benzene rings is 2. The molecule has 0 heterocycles. The van der Waals surface area contributed by atoms with Crippen molar-refractivity contribution in [1.29, 1.82) is 0 Å². The highest BCUT2D eigenvalue weighted by molar-refractivity contribution is 7.98. The molecule has 2 aromatic rings. The van der Waals surface area contributed by atoms with Crippen LogP contribution >= 0.6 is 11.8 Å². The first kappa shape index (κ1) is 13.1. The highest BCUT2D eigenvalue weighted by atomic mass is 32.2. The predicted molar refractivity (Wildman–Crippen MR) is 70.6 cm³/mol. The monoisotopic (exact) mass is 265 g/mol. The minimum absolute atomic E-state index is 0.435. The van der Waals surface area contributed by atoms with Crippen LogP contribution in [0.3, 0.4) is 0 Å². The number of rotatable bonds is 3. The Bertz CT molecular complexity index is 520. The van der Waals surface area contributed by atoms with E-state index in [1.165, 1.54) is 12.1 Å². The Morgan fingerprint density at radius 1 is 0.944 bits per heavy atom. The van der Waals surface area contributed by atoms with Gasteiger partial charge in [0.05, 0.1) is 6.04 Å². The van der Waals surface area contributed by atoms with Gasteiger partial charge in [0.2, 0.25) is 0 Å². The molecule has 1 atom stereocenters. The van der Waals surface area contributed by atoms with Crippen LogP contribution < -0.4 is 5.73 Å². The van der Waals surface area contributed by atoms with E-state index in [0.29, 0.717) is 5.56 Å². The second-order valence-corrected chi connectivity index (χ2v) is 4.83. The van der Waals surface area contributed by atoms with Crippen LogP contribution in [0.4, 0.5) is 8.78 Å². The van der Waals surface area contributed by atoms with Gasteiger partial charge in [-0.1, -0.05) is 12.1 Å². The van der Waals surface area contributed by atoms with Gasteiger partial charge in [0, 0.05) is 11.0 Å². The lowest BCUT2D eigenvalue weighted by Gasteiger charge is -2.13. The number of hydrogen-bond donors (Lipinski definition) is 1. The van der Waals surface area contributed by atoms with Crippen LogP contribution in [0.5, 0.6) is 0 Å². The molecule has 18 heavy (non-hydrogen) atoms. The van der Waals surface area contributed by atoms with Gasteiger partial charge < -0.3 is 5.73 Å². The molecule has 0 saturated heterocycles. The summed E-state index contributed by atoms with van der Waals surface area (Å²) in [5.41, 5.74) is 7.27. The van der Waals surface area contributed by atoms with Crippen LogP contribution in [0, 0.1) is 11.6 Å². The molecule has 2 rings (SSSR count). The lowest BCUT2D eigenvalue weighted by atomic mass is 9.99. The van der Waals surface area contributed by atoms with Gasteiger partial charge in [-0.2, -0.15) is 0 Å². The molecule has 0 fully saturated rings. The number of nitrogens with two attached hydrogens (primary N) is 1. The average molecular weight is 265 g/mol. The summed E-state index contributed by atoms with van der Waals surface area (Å²) in [5.74, 6) is -1.22. The number of thioether (sulfide) groups is 1. The van der Waals surface area contributed by atoms with E-state index in [9.17, 15) is 8.78 Å². The molecule has 0 aliphatic heterocycles. The van der Waals surface area contributed by atoms with E-state index >= 15 is 0 Å². The zero-order valence-corrected chi connectivity index (χ0v) is 10.7. The maximum Gasteiger partial charge on any atom is 0.126 e. The van der Waals surface area contributed by atoms with Gasteiger partial charge in [-0.3, -0.25) is 0 Å².